The van der Waals surface area contributed by atoms with Crippen LogP contribution in [0.5, 0.6) is 0 Å². The van der Waals surface area contributed by atoms with Crippen LogP contribution in [0.25, 0.3) is 5.69 Å². The quantitative estimate of drug-likeness (QED) is 0.399. The molecule has 0 saturated carbocycles. The summed E-state index contributed by atoms with van der Waals surface area (Å²) in [6, 6.07) is 10.1. The Bertz CT molecular complexity index is 1080. The average Bonchev–Trinajstić information content (AvgIpc) is 3.30. The maximum Gasteiger partial charge on any atom is 0.269 e. The molecule has 1 aliphatic rings. The number of carbonyl (C=O) groups excluding carboxylic acids is 1. The summed E-state index contributed by atoms with van der Waals surface area (Å²) in [5.74, 6) is -0.433. The molecule has 8 heteroatoms. The molecule has 0 aliphatic heterocycles. The molecule has 0 saturated heterocycles. The van der Waals surface area contributed by atoms with Gasteiger partial charge in [0.25, 0.3) is 11.6 Å². The van der Waals surface area contributed by atoms with Gasteiger partial charge in [0, 0.05) is 28.9 Å². The van der Waals surface area contributed by atoms with E-state index in [0.29, 0.717) is 10.6 Å². The molecule has 142 valence electrons. The van der Waals surface area contributed by atoms with Gasteiger partial charge in [-0.3, -0.25) is 14.9 Å². The highest BCUT2D eigenvalue weighted by Crippen LogP contribution is 2.39. The SMILES string of the molecule is NC(=O)c1c(N=Cc2cccn2-c2ccc([N+](=O)[O-])cc2)sc2c1CCCC2. The maximum atomic E-state index is 12.0. The highest BCUT2D eigenvalue weighted by Gasteiger charge is 2.23. The molecule has 0 atom stereocenters. The van der Waals surface area contributed by atoms with Crippen LogP contribution in [0.3, 0.4) is 0 Å². The van der Waals surface area contributed by atoms with Crippen molar-refractivity contribution in [3.05, 3.63) is 74.4 Å². The lowest BCUT2D eigenvalue weighted by molar-refractivity contribution is -0.384. The van der Waals surface area contributed by atoms with E-state index in [4.69, 9.17) is 5.73 Å². The van der Waals surface area contributed by atoms with E-state index in [-0.39, 0.29) is 5.69 Å². The Balaban J connectivity index is 1.67. The van der Waals surface area contributed by atoms with Crippen LogP contribution in [0, 0.1) is 10.1 Å². The number of hydrogen-bond acceptors (Lipinski definition) is 5. The first-order chi connectivity index (χ1) is 13.5. The van der Waals surface area contributed by atoms with E-state index >= 15 is 0 Å². The summed E-state index contributed by atoms with van der Waals surface area (Å²) >= 11 is 1.54. The molecule has 2 heterocycles. The molecule has 0 radical (unpaired) electrons. The van der Waals surface area contributed by atoms with Crippen molar-refractivity contribution < 1.29 is 9.72 Å². The normalized spacial score (nSPS) is 13.6. The van der Waals surface area contributed by atoms with Crippen molar-refractivity contribution in [3.8, 4) is 5.69 Å². The van der Waals surface area contributed by atoms with Crippen molar-refractivity contribution in [2.45, 2.75) is 25.7 Å². The van der Waals surface area contributed by atoms with E-state index in [9.17, 15) is 14.9 Å². The minimum atomic E-state index is -0.433. The van der Waals surface area contributed by atoms with Gasteiger partial charge in [0.15, 0.2) is 0 Å². The molecule has 4 rings (SSSR count). The predicted molar refractivity (Wildman–Crippen MR) is 109 cm³/mol. The number of fused-ring (bicyclic) bond motifs is 1. The Hall–Kier alpha value is -3.26. The number of aryl methyl sites for hydroxylation is 1. The molecular weight excluding hydrogens is 376 g/mol. The van der Waals surface area contributed by atoms with Crippen LogP contribution in [-0.4, -0.2) is 21.6 Å². The lowest BCUT2D eigenvalue weighted by Gasteiger charge is -2.10. The Morgan fingerprint density at radius 3 is 2.68 bits per heavy atom. The van der Waals surface area contributed by atoms with Crippen LogP contribution < -0.4 is 5.73 Å². The van der Waals surface area contributed by atoms with Crippen LogP contribution in [0.2, 0.25) is 0 Å². The third-order valence-corrected chi connectivity index (χ3v) is 6.03. The highest BCUT2D eigenvalue weighted by molar-refractivity contribution is 7.16. The number of primary amides is 1. The summed E-state index contributed by atoms with van der Waals surface area (Å²) in [7, 11) is 0. The van der Waals surface area contributed by atoms with Gasteiger partial charge < -0.3 is 10.3 Å². The number of amides is 1. The minimum absolute atomic E-state index is 0.0430. The maximum absolute atomic E-state index is 12.0. The molecule has 0 unspecified atom stereocenters. The summed E-state index contributed by atoms with van der Waals surface area (Å²) in [6.45, 7) is 0. The fraction of sp³-hybridized carbons (Fsp3) is 0.200. The number of benzene rings is 1. The smallest absolute Gasteiger partial charge is 0.269 e. The Labute approximate surface area is 165 Å². The molecule has 1 aromatic carbocycles. The first-order valence-corrected chi connectivity index (χ1v) is 9.77. The standard InChI is InChI=1S/C20H18N4O3S/c21-19(25)18-16-5-1-2-6-17(16)28-20(18)22-12-15-4-3-11-23(15)13-7-9-14(10-8-13)24(26)27/h3-4,7-12H,1-2,5-6H2,(H2,21,25). The molecule has 0 fully saturated rings. The van der Waals surface area contributed by atoms with E-state index in [1.54, 1.807) is 18.3 Å². The van der Waals surface area contributed by atoms with Crippen LogP contribution >= 0.6 is 11.3 Å². The van der Waals surface area contributed by atoms with Gasteiger partial charge in [0.2, 0.25) is 0 Å². The van der Waals surface area contributed by atoms with Crippen LogP contribution in [0.15, 0.2) is 47.6 Å². The van der Waals surface area contributed by atoms with Gasteiger partial charge in [0.1, 0.15) is 5.00 Å². The lowest BCUT2D eigenvalue weighted by atomic mass is 9.95. The number of nitrogens with zero attached hydrogens (tertiary/aromatic N) is 3. The average molecular weight is 394 g/mol. The second-order valence-electron chi connectivity index (χ2n) is 6.59. The number of nitrogens with two attached hydrogens (primary N) is 1. The largest absolute Gasteiger partial charge is 0.365 e. The van der Waals surface area contributed by atoms with E-state index in [0.717, 1.165) is 42.6 Å². The first-order valence-electron chi connectivity index (χ1n) is 8.95. The first kappa shape index (κ1) is 18.1. The number of carbonyl (C=O) groups is 1. The van der Waals surface area contributed by atoms with E-state index in [1.165, 1.54) is 28.3 Å². The number of non-ortho nitro benzene ring substituents is 1. The zero-order valence-corrected chi connectivity index (χ0v) is 15.8. The van der Waals surface area contributed by atoms with Crippen molar-refractivity contribution in [2.24, 2.45) is 10.7 Å². The van der Waals surface area contributed by atoms with Gasteiger partial charge in [-0.25, -0.2) is 4.99 Å². The molecule has 1 aliphatic carbocycles. The molecule has 2 N–H and O–H groups in total. The highest BCUT2D eigenvalue weighted by atomic mass is 32.1. The van der Waals surface area contributed by atoms with Crippen molar-refractivity contribution in [1.82, 2.24) is 4.57 Å². The molecule has 7 nitrogen and oxygen atoms in total. The Morgan fingerprint density at radius 1 is 1.21 bits per heavy atom. The molecular formula is C20H18N4O3S. The van der Waals surface area contributed by atoms with Gasteiger partial charge in [0.05, 0.1) is 22.4 Å². The van der Waals surface area contributed by atoms with Gasteiger partial charge in [-0.1, -0.05) is 0 Å². The van der Waals surface area contributed by atoms with Gasteiger partial charge in [-0.05, 0) is 55.5 Å². The van der Waals surface area contributed by atoms with Crippen molar-refractivity contribution in [1.29, 1.82) is 0 Å². The predicted octanol–water partition coefficient (Wildman–Crippen LogP) is 4.18. The van der Waals surface area contributed by atoms with E-state index < -0.39 is 10.8 Å². The molecule has 0 bridgehead atoms. The molecule has 28 heavy (non-hydrogen) atoms. The topological polar surface area (TPSA) is 104 Å². The van der Waals surface area contributed by atoms with Crippen LogP contribution in [-0.2, 0) is 12.8 Å². The van der Waals surface area contributed by atoms with E-state index in [2.05, 4.69) is 4.99 Å². The molecule has 1 amide bonds. The van der Waals surface area contributed by atoms with Gasteiger partial charge in [-0.15, -0.1) is 11.3 Å². The molecule has 3 aromatic rings. The second kappa shape index (κ2) is 7.40. The Morgan fingerprint density at radius 2 is 1.96 bits per heavy atom. The number of aromatic nitrogens is 1. The number of hydrogen-bond donors (Lipinski definition) is 1. The van der Waals surface area contributed by atoms with Gasteiger partial charge in [-0.2, -0.15) is 0 Å². The third-order valence-electron chi connectivity index (χ3n) is 4.83. The lowest BCUT2D eigenvalue weighted by Crippen LogP contribution is -2.14. The van der Waals surface area contributed by atoms with Crippen molar-refractivity contribution in [3.63, 3.8) is 0 Å². The number of rotatable bonds is 5. The van der Waals surface area contributed by atoms with E-state index in [1.807, 2.05) is 22.9 Å². The number of nitro benzene ring substituents is 1. The zero-order valence-electron chi connectivity index (χ0n) is 15.0. The van der Waals surface area contributed by atoms with Crippen molar-refractivity contribution >= 4 is 34.1 Å². The van der Waals surface area contributed by atoms with Crippen LogP contribution in [0.4, 0.5) is 10.7 Å². The second-order valence-corrected chi connectivity index (χ2v) is 7.67. The Kier molecular flexibility index (Phi) is 4.79. The third kappa shape index (κ3) is 3.34. The summed E-state index contributed by atoms with van der Waals surface area (Å²) < 4.78 is 1.88. The fourth-order valence-corrected chi connectivity index (χ4v) is 4.73. The summed E-state index contributed by atoms with van der Waals surface area (Å²) in [5, 5.41) is 11.5. The molecule has 0 spiro atoms. The summed E-state index contributed by atoms with van der Waals surface area (Å²) in [5.41, 5.74) is 8.86. The zero-order chi connectivity index (χ0) is 19.7. The minimum Gasteiger partial charge on any atom is -0.365 e. The summed E-state index contributed by atoms with van der Waals surface area (Å²) in [4.78, 5) is 28.2. The number of aliphatic imine (C=N–C) groups is 1. The number of thiophene rings is 1. The van der Waals surface area contributed by atoms with Gasteiger partial charge >= 0.3 is 0 Å². The number of nitro groups is 1. The monoisotopic (exact) mass is 394 g/mol. The summed E-state index contributed by atoms with van der Waals surface area (Å²) in [6.07, 6.45) is 7.59. The fourth-order valence-electron chi connectivity index (χ4n) is 3.49. The van der Waals surface area contributed by atoms with Crippen molar-refractivity contribution in [2.75, 3.05) is 0 Å². The molecule has 2 aromatic heterocycles. The van der Waals surface area contributed by atoms with Crippen LogP contribution in [0.1, 0.15) is 39.3 Å².